The summed E-state index contributed by atoms with van der Waals surface area (Å²) in [5.41, 5.74) is 2.21. The van der Waals surface area contributed by atoms with Crippen LogP contribution in [-0.4, -0.2) is 39.0 Å². The van der Waals surface area contributed by atoms with Gasteiger partial charge in [-0.1, -0.05) is 42.5 Å². The lowest BCUT2D eigenvalue weighted by Gasteiger charge is -2.16. The highest BCUT2D eigenvalue weighted by atomic mass is 127. The van der Waals surface area contributed by atoms with Crippen molar-refractivity contribution in [2.45, 2.75) is 25.6 Å². The van der Waals surface area contributed by atoms with Gasteiger partial charge < -0.3 is 15.4 Å². The van der Waals surface area contributed by atoms with E-state index in [2.05, 4.69) is 15.6 Å². The summed E-state index contributed by atoms with van der Waals surface area (Å²) >= 11 is 0. The predicted molar refractivity (Wildman–Crippen MR) is 123 cm³/mol. The van der Waals surface area contributed by atoms with Crippen molar-refractivity contribution in [2.24, 2.45) is 4.99 Å². The van der Waals surface area contributed by atoms with E-state index in [9.17, 15) is 8.42 Å². The minimum Gasteiger partial charge on any atom is -0.489 e. The average Bonchev–Trinajstić information content (AvgIpc) is 3.03. The Morgan fingerprint density at radius 2 is 1.79 bits per heavy atom. The Hall–Kier alpha value is -1.81. The molecule has 0 radical (unpaired) electrons. The first-order valence-electron chi connectivity index (χ1n) is 8.97. The molecule has 28 heavy (non-hydrogen) atoms. The summed E-state index contributed by atoms with van der Waals surface area (Å²) in [4.78, 5) is 4.17. The number of sulfone groups is 1. The summed E-state index contributed by atoms with van der Waals surface area (Å²) in [6.07, 6.45) is 0.624. The fraction of sp³-hybridized carbons (Fsp3) is 0.350. The number of guanidine groups is 1. The molecule has 1 unspecified atom stereocenters. The zero-order chi connectivity index (χ0) is 19.1. The molecule has 2 N–H and O–H groups in total. The summed E-state index contributed by atoms with van der Waals surface area (Å²) in [6, 6.07) is 17.8. The molecule has 152 valence electrons. The molecule has 1 saturated heterocycles. The van der Waals surface area contributed by atoms with Gasteiger partial charge in [-0.3, -0.25) is 4.99 Å². The summed E-state index contributed by atoms with van der Waals surface area (Å²) in [6.45, 7) is 1.13. The second kappa shape index (κ2) is 10.7. The van der Waals surface area contributed by atoms with Crippen molar-refractivity contribution >= 4 is 39.8 Å². The number of benzene rings is 2. The number of hydrogen-bond donors (Lipinski definition) is 2. The lowest BCUT2D eigenvalue weighted by atomic mass is 10.1. The Kier molecular flexibility index (Phi) is 8.56. The van der Waals surface area contributed by atoms with Crippen molar-refractivity contribution < 1.29 is 13.2 Å². The molecule has 0 aliphatic carbocycles. The quantitative estimate of drug-likeness (QED) is 0.352. The number of nitrogens with one attached hydrogen (secondary N) is 2. The first kappa shape index (κ1) is 22.5. The Labute approximate surface area is 183 Å². The minimum absolute atomic E-state index is 0. The van der Waals surface area contributed by atoms with Gasteiger partial charge in [0.05, 0.1) is 11.5 Å². The van der Waals surface area contributed by atoms with Crippen molar-refractivity contribution in [1.29, 1.82) is 0 Å². The molecular weight excluding hydrogens is 489 g/mol. The van der Waals surface area contributed by atoms with E-state index in [-0.39, 0.29) is 41.5 Å². The average molecular weight is 515 g/mol. The molecule has 2 aromatic carbocycles. The number of aliphatic imine (C=N–C) groups is 1. The lowest BCUT2D eigenvalue weighted by Crippen LogP contribution is -2.43. The van der Waals surface area contributed by atoms with Crippen LogP contribution in [-0.2, 0) is 23.0 Å². The molecule has 8 heteroatoms. The molecule has 1 aliphatic heterocycles. The van der Waals surface area contributed by atoms with E-state index in [4.69, 9.17) is 4.74 Å². The van der Waals surface area contributed by atoms with Crippen LogP contribution in [0.5, 0.6) is 5.75 Å². The number of hydrogen-bond acceptors (Lipinski definition) is 4. The van der Waals surface area contributed by atoms with Crippen LogP contribution >= 0.6 is 24.0 Å². The van der Waals surface area contributed by atoms with Crippen LogP contribution in [0.3, 0.4) is 0 Å². The van der Waals surface area contributed by atoms with Gasteiger partial charge in [-0.15, -0.1) is 24.0 Å². The topological polar surface area (TPSA) is 79.8 Å². The van der Waals surface area contributed by atoms with E-state index < -0.39 is 9.84 Å². The van der Waals surface area contributed by atoms with Crippen LogP contribution in [0.2, 0.25) is 0 Å². The maximum absolute atomic E-state index is 11.6. The van der Waals surface area contributed by atoms with Gasteiger partial charge in [0.25, 0.3) is 0 Å². The SMILES string of the molecule is CN=C(NCc1ccc(COc2ccccc2)cc1)NC1CCS(=O)(=O)C1.I. The molecule has 2 aromatic rings. The number of ether oxygens (including phenoxy) is 1. The molecule has 3 rings (SSSR count). The van der Waals surface area contributed by atoms with E-state index in [0.29, 0.717) is 25.5 Å². The Morgan fingerprint density at radius 3 is 2.39 bits per heavy atom. The fourth-order valence-corrected chi connectivity index (χ4v) is 4.59. The molecule has 0 amide bonds. The number of para-hydroxylation sites is 1. The highest BCUT2D eigenvalue weighted by Crippen LogP contribution is 2.13. The molecule has 1 atom stereocenters. The van der Waals surface area contributed by atoms with Crippen LogP contribution in [0.25, 0.3) is 0 Å². The maximum atomic E-state index is 11.6. The summed E-state index contributed by atoms with van der Waals surface area (Å²) in [7, 11) is -1.22. The molecule has 0 aromatic heterocycles. The van der Waals surface area contributed by atoms with Gasteiger partial charge >= 0.3 is 0 Å². The lowest BCUT2D eigenvalue weighted by molar-refractivity contribution is 0.306. The van der Waals surface area contributed by atoms with Crippen molar-refractivity contribution in [3.63, 3.8) is 0 Å². The molecular formula is C20H26IN3O3S. The smallest absolute Gasteiger partial charge is 0.191 e. The summed E-state index contributed by atoms with van der Waals surface area (Å²) < 4.78 is 28.9. The van der Waals surface area contributed by atoms with Crippen LogP contribution in [0.15, 0.2) is 59.6 Å². The first-order chi connectivity index (χ1) is 13.0. The van der Waals surface area contributed by atoms with Crippen molar-refractivity contribution in [3.05, 3.63) is 65.7 Å². The van der Waals surface area contributed by atoms with Crippen LogP contribution in [0.1, 0.15) is 17.5 Å². The zero-order valence-electron chi connectivity index (χ0n) is 15.8. The van der Waals surface area contributed by atoms with E-state index >= 15 is 0 Å². The highest BCUT2D eigenvalue weighted by molar-refractivity contribution is 14.0. The third-order valence-corrected chi connectivity index (χ3v) is 6.20. The summed E-state index contributed by atoms with van der Waals surface area (Å²) in [5.74, 6) is 1.89. The van der Waals surface area contributed by atoms with E-state index in [1.807, 2.05) is 54.6 Å². The monoisotopic (exact) mass is 515 g/mol. The fourth-order valence-electron chi connectivity index (χ4n) is 2.92. The molecule has 6 nitrogen and oxygen atoms in total. The minimum atomic E-state index is -2.90. The van der Waals surface area contributed by atoms with Crippen LogP contribution in [0.4, 0.5) is 0 Å². The highest BCUT2D eigenvalue weighted by Gasteiger charge is 2.28. The van der Waals surface area contributed by atoms with Crippen LogP contribution < -0.4 is 15.4 Å². The molecule has 1 heterocycles. The van der Waals surface area contributed by atoms with Crippen molar-refractivity contribution in [2.75, 3.05) is 18.6 Å². The number of nitrogens with zero attached hydrogens (tertiary/aromatic N) is 1. The van der Waals surface area contributed by atoms with E-state index in [1.165, 1.54) is 0 Å². The third-order valence-electron chi connectivity index (χ3n) is 4.43. The summed E-state index contributed by atoms with van der Waals surface area (Å²) in [5, 5.41) is 6.41. The first-order valence-corrected chi connectivity index (χ1v) is 10.8. The van der Waals surface area contributed by atoms with Gasteiger partial charge in [0.15, 0.2) is 15.8 Å². The second-order valence-corrected chi connectivity index (χ2v) is 8.82. The molecule has 1 aliphatic rings. The predicted octanol–water partition coefficient (Wildman–Crippen LogP) is 2.74. The largest absolute Gasteiger partial charge is 0.489 e. The van der Waals surface area contributed by atoms with Crippen LogP contribution in [0, 0.1) is 0 Å². The Bertz CT molecular complexity index is 871. The molecule has 0 spiro atoms. The Balaban J connectivity index is 0.00000280. The van der Waals surface area contributed by atoms with Gasteiger partial charge in [0.1, 0.15) is 12.4 Å². The number of rotatable bonds is 6. The van der Waals surface area contributed by atoms with Gasteiger partial charge in [0, 0.05) is 19.6 Å². The van der Waals surface area contributed by atoms with Crippen molar-refractivity contribution in [3.8, 4) is 5.75 Å². The Morgan fingerprint density at radius 1 is 1.11 bits per heavy atom. The van der Waals surface area contributed by atoms with Gasteiger partial charge in [-0.05, 0) is 29.7 Å². The normalized spacial score (nSPS) is 18.2. The van der Waals surface area contributed by atoms with Gasteiger partial charge in [0.2, 0.25) is 0 Å². The zero-order valence-corrected chi connectivity index (χ0v) is 18.9. The standard InChI is InChI=1S/C20H25N3O3S.HI/c1-21-20(23-18-11-12-27(24,25)15-18)22-13-16-7-9-17(10-8-16)14-26-19-5-3-2-4-6-19;/h2-10,18H,11-15H2,1H3,(H2,21,22,23);1H. The molecule has 0 saturated carbocycles. The van der Waals surface area contributed by atoms with E-state index in [1.54, 1.807) is 7.05 Å². The molecule has 0 bridgehead atoms. The number of halogens is 1. The van der Waals surface area contributed by atoms with Crippen molar-refractivity contribution in [1.82, 2.24) is 10.6 Å². The van der Waals surface area contributed by atoms with Gasteiger partial charge in [-0.25, -0.2) is 8.42 Å². The molecule has 1 fully saturated rings. The maximum Gasteiger partial charge on any atom is 0.191 e. The third kappa shape index (κ3) is 6.97. The second-order valence-electron chi connectivity index (χ2n) is 6.59. The van der Waals surface area contributed by atoms with Gasteiger partial charge in [-0.2, -0.15) is 0 Å². The van der Waals surface area contributed by atoms with E-state index in [0.717, 1.165) is 16.9 Å².